The molecule has 1 aromatic carbocycles. The molecule has 0 aromatic heterocycles. The molecule has 1 fully saturated rings. The molecule has 20 heavy (non-hydrogen) atoms. The minimum absolute atomic E-state index is 0.171. The summed E-state index contributed by atoms with van der Waals surface area (Å²) in [4.78, 5) is 13.4. The maximum absolute atomic E-state index is 13.7. The molecule has 1 aliphatic rings. The van der Waals surface area contributed by atoms with Crippen LogP contribution < -0.4 is 21.1 Å². The van der Waals surface area contributed by atoms with Crippen LogP contribution in [0.15, 0.2) is 12.1 Å². The van der Waals surface area contributed by atoms with Crippen molar-refractivity contribution < 1.29 is 13.9 Å². The normalized spacial score (nSPS) is 22.1. The van der Waals surface area contributed by atoms with E-state index in [0.717, 1.165) is 0 Å². The fraction of sp³-hybridized carbons (Fsp3) is 0.500. The van der Waals surface area contributed by atoms with E-state index in [9.17, 15) is 9.18 Å². The van der Waals surface area contributed by atoms with Gasteiger partial charge in [-0.3, -0.25) is 4.79 Å². The van der Waals surface area contributed by atoms with Gasteiger partial charge in [0.1, 0.15) is 0 Å². The van der Waals surface area contributed by atoms with Gasteiger partial charge in [0.2, 0.25) is 5.91 Å². The third kappa shape index (κ3) is 2.50. The first-order valence-corrected chi connectivity index (χ1v) is 6.64. The van der Waals surface area contributed by atoms with Crippen molar-refractivity contribution in [2.75, 3.05) is 30.3 Å². The number of primary amides is 1. The Bertz CT molecular complexity index is 535. The molecule has 0 bridgehead atoms. The lowest BCUT2D eigenvalue weighted by Gasteiger charge is -2.24. The first kappa shape index (κ1) is 14.4. The Morgan fingerprint density at radius 3 is 2.80 bits per heavy atom. The monoisotopic (exact) mass is 281 g/mol. The van der Waals surface area contributed by atoms with Crippen molar-refractivity contribution in [3.05, 3.63) is 17.9 Å². The average Bonchev–Trinajstić information content (AvgIpc) is 2.77. The minimum Gasteiger partial charge on any atom is -0.491 e. The maximum Gasteiger partial charge on any atom is 0.225 e. The Balaban J connectivity index is 2.30. The third-order valence-corrected chi connectivity index (χ3v) is 3.79. The highest BCUT2D eigenvalue weighted by Gasteiger charge is 2.39. The molecule has 1 amide bonds. The van der Waals surface area contributed by atoms with Crippen LogP contribution in [0.25, 0.3) is 0 Å². The molecule has 1 saturated heterocycles. The predicted molar refractivity (Wildman–Crippen MR) is 76.1 cm³/mol. The van der Waals surface area contributed by atoms with Crippen molar-refractivity contribution in [1.29, 1.82) is 0 Å². The Kier molecular flexibility index (Phi) is 3.74. The molecule has 1 heterocycles. The van der Waals surface area contributed by atoms with E-state index in [1.165, 1.54) is 6.07 Å². The van der Waals surface area contributed by atoms with Gasteiger partial charge in [-0.15, -0.1) is 0 Å². The van der Waals surface area contributed by atoms with E-state index in [1.54, 1.807) is 13.0 Å². The van der Waals surface area contributed by atoms with Crippen LogP contribution in [0.3, 0.4) is 0 Å². The lowest BCUT2D eigenvalue weighted by atomic mass is 9.89. The van der Waals surface area contributed by atoms with Crippen molar-refractivity contribution >= 4 is 17.3 Å². The smallest absolute Gasteiger partial charge is 0.225 e. The lowest BCUT2D eigenvalue weighted by molar-refractivity contribution is -0.125. The van der Waals surface area contributed by atoms with E-state index < -0.39 is 11.2 Å². The molecule has 1 aromatic rings. The summed E-state index contributed by atoms with van der Waals surface area (Å²) in [5, 5.41) is 0. The van der Waals surface area contributed by atoms with Crippen LogP contribution in [-0.4, -0.2) is 25.6 Å². The highest BCUT2D eigenvalue weighted by Crippen LogP contribution is 2.38. The topological polar surface area (TPSA) is 81.6 Å². The molecule has 0 saturated carbocycles. The molecule has 0 radical (unpaired) electrons. The van der Waals surface area contributed by atoms with E-state index in [1.807, 2.05) is 11.8 Å². The van der Waals surface area contributed by atoms with Crippen LogP contribution in [-0.2, 0) is 4.79 Å². The zero-order valence-corrected chi connectivity index (χ0v) is 11.8. The van der Waals surface area contributed by atoms with E-state index in [4.69, 9.17) is 16.2 Å². The molecule has 0 aliphatic carbocycles. The second kappa shape index (κ2) is 5.19. The van der Waals surface area contributed by atoms with Crippen molar-refractivity contribution in [2.24, 2.45) is 11.1 Å². The number of ether oxygens (including phenoxy) is 1. The molecule has 0 spiro atoms. The van der Waals surface area contributed by atoms with Gasteiger partial charge in [0.25, 0.3) is 0 Å². The van der Waals surface area contributed by atoms with Crippen molar-refractivity contribution in [2.45, 2.75) is 20.3 Å². The van der Waals surface area contributed by atoms with Gasteiger partial charge >= 0.3 is 0 Å². The van der Waals surface area contributed by atoms with Crippen LogP contribution in [0.5, 0.6) is 5.75 Å². The zero-order valence-electron chi connectivity index (χ0n) is 11.8. The van der Waals surface area contributed by atoms with Crippen LogP contribution in [0.2, 0.25) is 0 Å². The summed E-state index contributed by atoms with van der Waals surface area (Å²) in [6.07, 6.45) is 0.656. The molecule has 5 nitrogen and oxygen atoms in total. The summed E-state index contributed by atoms with van der Waals surface area (Å²) >= 11 is 0. The third-order valence-electron chi connectivity index (χ3n) is 3.79. The number of nitrogens with zero attached hydrogens (tertiary/aromatic N) is 1. The molecule has 2 rings (SSSR count). The van der Waals surface area contributed by atoms with Crippen LogP contribution in [0.4, 0.5) is 15.8 Å². The number of amides is 1. The van der Waals surface area contributed by atoms with Gasteiger partial charge in [-0.05, 0) is 20.3 Å². The molecule has 1 atom stereocenters. The van der Waals surface area contributed by atoms with Crippen LogP contribution in [0, 0.1) is 11.2 Å². The summed E-state index contributed by atoms with van der Waals surface area (Å²) in [5.41, 5.74) is 11.7. The Morgan fingerprint density at radius 2 is 2.25 bits per heavy atom. The summed E-state index contributed by atoms with van der Waals surface area (Å²) < 4.78 is 18.9. The van der Waals surface area contributed by atoms with Gasteiger partial charge in [0, 0.05) is 25.2 Å². The summed E-state index contributed by atoms with van der Waals surface area (Å²) in [6, 6.07) is 2.83. The number of carbonyl (C=O) groups is 1. The van der Waals surface area contributed by atoms with Gasteiger partial charge < -0.3 is 21.1 Å². The molecular formula is C14H20FN3O2. The van der Waals surface area contributed by atoms with Gasteiger partial charge in [0.15, 0.2) is 11.6 Å². The van der Waals surface area contributed by atoms with E-state index in [2.05, 4.69) is 0 Å². The molecule has 4 N–H and O–H groups in total. The fourth-order valence-corrected chi connectivity index (χ4v) is 2.47. The Morgan fingerprint density at radius 1 is 1.55 bits per heavy atom. The van der Waals surface area contributed by atoms with Gasteiger partial charge in [-0.1, -0.05) is 0 Å². The van der Waals surface area contributed by atoms with Crippen molar-refractivity contribution in [3.63, 3.8) is 0 Å². The second-order valence-electron chi connectivity index (χ2n) is 5.37. The first-order valence-electron chi connectivity index (χ1n) is 6.64. The molecule has 110 valence electrons. The van der Waals surface area contributed by atoms with Crippen molar-refractivity contribution in [1.82, 2.24) is 0 Å². The average molecular weight is 281 g/mol. The highest BCUT2D eigenvalue weighted by molar-refractivity contribution is 5.83. The van der Waals surface area contributed by atoms with Crippen molar-refractivity contribution in [3.8, 4) is 5.75 Å². The number of hydrogen-bond donors (Lipinski definition) is 2. The number of hydrogen-bond acceptors (Lipinski definition) is 4. The quantitative estimate of drug-likeness (QED) is 0.820. The Hall–Kier alpha value is -1.98. The van der Waals surface area contributed by atoms with E-state index in [0.29, 0.717) is 37.5 Å². The van der Waals surface area contributed by atoms with Crippen LogP contribution in [0.1, 0.15) is 20.3 Å². The Labute approximate surface area is 117 Å². The highest BCUT2D eigenvalue weighted by atomic mass is 19.1. The number of rotatable bonds is 4. The number of benzene rings is 1. The standard InChI is InChI=1S/C14H20FN3O2/c1-3-20-12-7-11(10(16)6-9(12)15)18-5-4-14(2,8-18)13(17)19/h6-7H,3-5,8,16H2,1-2H3,(H2,17,19). The number of anilines is 2. The summed E-state index contributed by atoms with van der Waals surface area (Å²) in [6.45, 7) is 5.12. The van der Waals surface area contributed by atoms with E-state index in [-0.39, 0.29) is 11.7 Å². The van der Waals surface area contributed by atoms with Crippen LogP contribution >= 0.6 is 0 Å². The van der Waals surface area contributed by atoms with Gasteiger partial charge in [-0.2, -0.15) is 0 Å². The number of halogens is 1. The summed E-state index contributed by atoms with van der Waals surface area (Å²) in [7, 11) is 0. The second-order valence-corrected chi connectivity index (χ2v) is 5.37. The largest absolute Gasteiger partial charge is 0.491 e. The van der Waals surface area contributed by atoms with E-state index >= 15 is 0 Å². The molecular weight excluding hydrogens is 261 g/mol. The first-order chi connectivity index (χ1) is 9.37. The van der Waals surface area contributed by atoms with Gasteiger partial charge in [-0.25, -0.2) is 4.39 Å². The number of nitrogen functional groups attached to an aromatic ring is 1. The molecule has 1 aliphatic heterocycles. The van der Waals surface area contributed by atoms with Gasteiger partial charge in [0.05, 0.1) is 23.4 Å². The molecule has 6 heteroatoms. The minimum atomic E-state index is -0.577. The lowest BCUT2D eigenvalue weighted by Crippen LogP contribution is -2.37. The molecule has 1 unspecified atom stereocenters. The zero-order chi connectivity index (χ0) is 14.9. The fourth-order valence-electron chi connectivity index (χ4n) is 2.47. The number of carbonyl (C=O) groups excluding carboxylic acids is 1. The maximum atomic E-state index is 13.7. The predicted octanol–water partition coefficient (Wildman–Crippen LogP) is 1.51. The summed E-state index contributed by atoms with van der Waals surface area (Å²) in [5.74, 6) is -0.639. The SMILES string of the molecule is CCOc1cc(N2CCC(C)(C(N)=O)C2)c(N)cc1F. The number of nitrogens with two attached hydrogens (primary N) is 2.